The van der Waals surface area contributed by atoms with Crippen molar-refractivity contribution in [2.75, 3.05) is 4.90 Å². The van der Waals surface area contributed by atoms with E-state index >= 15 is 0 Å². The van der Waals surface area contributed by atoms with E-state index in [0.717, 1.165) is 55.6 Å². The van der Waals surface area contributed by atoms with Gasteiger partial charge in [-0.2, -0.15) is 0 Å². The first-order chi connectivity index (χ1) is 24.3. The summed E-state index contributed by atoms with van der Waals surface area (Å²) in [7, 11) is 0. The number of para-hydroxylation sites is 1. The third-order valence-corrected chi connectivity index (χ3v) is 10.9. The zero-order chi connectivity index (χ0) is 32.3. The number of hydrogen-bond donors (Lipinski definition) is 0. The summed E-state index contributed by atoms with van der Waals surface area (Å²) in [5.41, 5.74) is 9.89. The Kier molecular flexibility index (Phi) is 6.39. The average Bonchev–Trinajstić information content (AvgIpc) is 3.74. The van der Waals surface area contributed by atoms with Gasteiger partial charge in [0.05, 0.1) is 16.1 Å². The number of hydrogen-bond acceptors (Lipinski definition) is 3. The molecule has 0 unspecified atom stereocenters. The maximum absolute atomic E-state index is 6.46. The van der Waals surface area contributed by atoms with Crippen molar-refractivity contribution in [3.8, 4) is 22.3 Å². The van der Waals surface area contributed by atoms with Gasteiger partial charge in [0, 0.05) is 42.9 Å². The Hall–Kier alpha value is -6.16. The van der Waals surface area contributed by atoms with Gasteiger partial charge >= 0.3 is 0 Å². The molecule has 0 aliphatic heterocycles. The standard InChI is InChI=1S/C46H29NOS/c1-2-11-32(12-3-1)36-17-9-18-38-40-29-33(25-28-43(40)48-45(36)38)30-23-26-34(27-24-30)47(41-20-8-14-31-13-4-5-15-35(31)41)42-21-10-19-39-37-16-6-7-22-44(37)49-46(39)42/h1-29H. The Morgan fingerprint density at radius 1 is 0.429 bits per heavy atom. The van der Waals surface area contributed by atoms with E-state index in [4.69, 9.17) is 4.42 Å². The van der Waals surface area contributed by atoms with Crippen LogP contribution in [-0.4, -0.2) is 0 Å². The summed E-state index contributed by atoms with van der Waals surface area (Å²) in [5.74, 6) is 0. The van der Waals surface area contributed by atoms with Crippen LogP contribution in [0.25, 0.3) is 75.1 Å². The summed E-state index contributed by atoms with van der Waals surface area (Å²) in [6, 6.07) is 63.1. The molecule has 0 N–H and O–H groups in total. The Morgan fingerprint density at radius 3 is 2.00 bits per heavy atom. The van der Waals surface area contributed by atoms with Crippen molar-refractivity contribution in [2.45, 2.75) is 0 Å². The van der Waals surface area contributed by atoms with Gasteiger partial charge in [0.15, 0.2) is 0 Å². The highest BCUT2D eigenvalue weighted by molar-refractivity contribution is 7.26. The smallest absolute Gasteiger partial charge is 0.143 e. The minimum absolute atomic E-state index is 0.900. The lowest BCUT2D eigenvalue weighted by Gasteiger charge is -2.27. The quantitative estimate of drug-likeness (QED) is 0.186. The molecule has 230 valence electrons. The van der Waals surface area contributed by atoms with Gasteiger partial charge in [-0.1, -0.05) is 133 Å². The van der Waals surface area contributed by atoms with Crippen LogP contribution in [-0.2, 0) is 0 Å². The molecule has 0 aliphatic carbocycles. The van der Waals surface area contributed by atoms with Crippen molar-refractivity contribution in [1.29, 1.82) is 0 Å². The number of furan rings is 1. The molecule has 0 saturated carbocycles. The molecule has 0 atom stereocenters. The maximum atomic E-state index is 6.46. The maximum Gasteiger partial charge on any atom is 0.143 e. The van der Waals surface area contributed by atoms with Crippen LogP contribution in [0.4, 0.5) is 17.1 Å². The summed E-state index contributed by atoms with van der Waals surface area (Å²) in [6.45, 7) is 0. The van der Waals surface area contributed by atoms with E-state index in [9.17, 15) is 0 Å². The van der Waals surface area contributed by atoms with E-state index < -0.39 is 0 Å². The lowest BCUT2D eigenvalue weighted by Crippen LogP contribution is -2.10. The second kappa shape index (κ2) is 11.2. The third-order valence-electron chi connectivity index (χ3n) is 9.67. The van der Waals surface area contributed by atoms with Gasteiger partial charge in [0.1, 0.15) is 11.2 Å². The zero-order valence-corrected chi connectivity index (χ0v) is 27.3. The summed E-state index contributed by atoms with van der Waals surface area (Å²) < 4.78 is 9.05. The minimum Gasteiger partial charge on any atom is -0.455 e. The normalized spacial score (nSPS) is 11.7. The van der Waals surface area contributed by atoms with Crippen LogP contribution in [0, 0.1) is 0 Å². The van der Waals surface area contributed by atoms with E-state index in [1.165, 1.54) is 36.6 Å². The summed E-state index contributed by atoms with van der Waals surface area (Å²) in [5, 5.41) is 7.30. The van der Waals surface area contributed by atoms with Crippen LogP contribution >= 0.6 is 11.3 Å². The Labute approximate surface area is 287 Å². The molecule has 10 aromatic rings. The highest BCUT2D eigenvalue weighted by atomic mass is 32.1. The molecule has 0 radical (unpaired) electrons. The SMILES string of the molecule is c1ccc(-c2cccc3c2oc2ccc(-c4ccc(N(c5cccc6ccccc56)c5cccc6c5sc5ccccc56)cc4)cc23)cc1. The third kappa shape index (κ3) is 4.55. The average molecular weight is 644 g/mol. The summed E-state index contributed by atoms with van der Waals surface area (Å²) in [4.78, 5) is 2.43. The molecular weight excluding hydrogens is 615 g/mol. The predicted molar refractivity (Wildman–Crippen MR) is 210 cm³/mol. The molecule has 8 aromatic carbocycles. The van der Waals surface area contributed by atoms with Gasteiger partial charge < -0.3 is 9.32 Å². The molecule has 2 aromatic heterocycles. The van der Waals surface area contributed by atoms with E-state index in [1.54, 1.807) is 0 Å². The van der Waals surface area contributed by atoms with Gasteiger partial charge in [-0.3, -0.25) is 0 Å². The Balaban J connectivity index is 1.12. The lowest BCUT2D eigenvalue weighted by molar-refractivity contribution is 0.670. The van der Waals surface area contributed by atoms with Crippen LogP contribution < -0.4 is 4.90 Å². The molecule has 0 bridgehead atoms. The van der Waals surface area contributed by atoms with Crippen LogP contribution in [0.5, 0.6) is 0 Å². The topological polar surface area (TPSA) is 16.4 Å². The molecular formula is C46H29NOS. The first-order valence-electron chi connectivity index (χ1n) is 16.6. The van der Waals surface area contributed by atoms with E-state index in [0.29, 0.717) is 0 Å². The summed E-state index contributed by atoms with van der Waals surface area (Å²) in [6.07, 6.45) is 0. The van der Waals surface area contributed by atoms with Gasteiger partial charge in [0.25, 0.3) is 0 Å². The number of nitrogens with zero attached hydrogens (tertiary/aromatic N) is 1. The van der Waals surface area contributed by atoms with Crippen LogP contribution in [0.2, 0.25) is 0 Å². The number of rotatable bonds is 5. The number of anilines is 3. The zero-order valence-electron chi connectivity index (χ0n) is 26.5. The van der Waals surface area contributed by atoms with Crippen molar-refractivity contribution in [3.63, 3.8) is 0 Å². The second-order valence-electron chi connectivity index (χ2n) is 12.5. The Morgan fingerprint density at radius 2 is 1.10 bits per heavy atom. The van der Waals surface area contributed by atoms with Crippen LogP contribution in [0.1, 0.15) is 0 Å². The monoisotopic (exact) mass is 643 g/mol. The van der Waals surface area contributed by atoms with Crippen molar-refractivity contribution >= 4 is 81.3 Å². The fourth-order valence-corrected chi connectivity index (χ4v) is 8.55. The minimum atomic E-state index is 0.900. The highest BCUT2D eigenvalue weighted by Crippen LogP contribution is 2.46. The molecule has 0 amide bonds. The number of thiophene rings is 1. The van der Waals surface area contributed by atoms with Crippen molar-refractivity contribution in [1.82, 2.24) is 0 Å². The predicted octanol–water partition coefficient (Wildman–Crippen LogP) is 13.9. The highest BCUT2D eigenvalue weighted by Gasteiger charge is 2.20. The van der Waals surface area contributed by atoms with Crippen molar-refractivity contribution in [2.24, 2.45) is 0 Å². The van der Waals surface area contributed by atoms with Crippen molar-refractivity contribution in [3.05, 3.63) is 176 Å². The molecule has 0 fully saturated rings. The number of fused-ring (bicyclic) bond motifs is 7. The molecule has 10 rings (SSSR count). The van der Waals surface area contributed by atoms with Gasteiger partial charge in [-0.25, -0.2) is 0 Å². The molecule has 2 nitrogen and oxygen atoms in total. The lowest BCUT2D eigenvalue weighted by atomic mass is 10.00. The fourth-order valence-electron chi connectivity index (χ4n) is 7.35. The van der Waals surface area contributed by atoms with E-state index in [-0.39, 0.29) is 0 Å². The van der Waals surface area contributed by atoms with Gasteiger partial charge in [-0.15, -0.1) is 11.3 Å². The molecule has 0 spiro atoms. The van der Waals surface area contributed by atoms with E-state index in [1.807, 2.05) is 17.4 Å². The molecule has 3 heteroatoms. The fraction of sp³-hybridized carbons (Fsp3) is 0. The number of benzene rings is 8. The first-order valence-corrected chi connectivity index (χ1v) is 17.4. The van der Waals surface area contributed by atoms with Crippen LogP contribution in [0.15, 0.2) is 180 Å². The largest absolute Gasteiger partial charge is 0.455 e. The van der Waals surface area contributed by atoms with Gasteiger partial charge in [0.2, 0.25) is 0 Å². The van der Waals surface area contributed by atoms with Gasteiger partial charge in [-0.05, 0) is 64.5 Å². The Bertz CT molecular complexity index is 2820. The van der Waals surface area contributed by atoms with E-state index in [2.05, 4.69) is 175 Å². The van der Waals surface area contributed by atoms with Crippen molar-refractivity contribution < 1.29 is 4.42 Å². The van der Waals surface area contributed by atoms with Crippen LogP contribution in [0.3, 0.4) is 0 Å². The molecule has 0 aliphatic rings. The second-order valence-corrected chi connectivity index (χ2v) is 13.5. The molecule has 2 heterocycles. The first kappa shape index (κ1) is 27.9. The summed E-state index contributed by atoms with van der Waals surface area (Å²) >= 11 is 1.86. The molecule has 49 heavy (non-hydrogen) atoms. The molecule has 0 saturated heterocycles.